The van der Waals surface area contributed by atoms with E-state index in [9.17, 15) is 9.59 Å². The maximum Gasteiger partial charge on any atom is 0.230 e. The molecule has 1 aromatic heterocycles. The minimum absolute atomic E-state index is 0.122. The van der Waals surface area contributed by atoms with E-state index in [4.69, 9.17) is 0 Å². The molecule has 0 bridgehead atoms. The number of hydrogen-bond acceptors (Lipinski definition) is 3. The summed E-state index contributed by atoms with van der Waals surface area (Å²) in [6, 6.07) is 12.5. The van der Waals surface area contributed by atoms with Crippen LogP contribution in [-0.2, 0) is 16.0 Å². The molecule has 1 aliphatic rings. The van der Waals surface area contributed by atoms with Gasteiger partial charge in [-0.25, -0.2) is 0 Å². The van der Waals surface area contributed by atoms with Crippen LogP contribution in [-0.4, -0.2) is 48.8 Å². The highest BCUT2D eigenvalue weighted by molar-refractivity contribution is 7.13. The van der Waals surface area contributed by atoms with Gasteiger partial charge in [-0.2, -0.15) is 0 Å². The molecule has 0 unspecified atom stereocenters. The van der Waals surface area contributed by atoms with Crippen molar-refractivity contribution < 1.29 is 9.59 Å². The molecule has 144 valence electrons. The molecule has 0 spiro atoms. The predicted octanol–water partition coefficient (Wildman–Crippen LogP) is 4.06. The van der Waals surface area contributed by atoms with Crippen molar-refractivity contribution in [1.29, 1.82) is 0 Å². The van der Waals surface area contributed by atoms with Gasteiger partial charge in [-0.1, -0.05) is 37.3 Å². The van der Waals surface area contributed by atoms with Crippen molar-refractivity contribution in [2.24, 2.45) is 5.41 Å². The van der Waals surface area contributed by atoms with Gasteiger partial charge in [0.15, 0.2) is 0 Å². The monoisotopic (exact) mass is 384 g/mol. The second-order valence-electron chi connectivity index (χ2n) is 7.56. The van der Waals surface area contributed by atoms with Crippen molar-refractivity contribution in [1.82, 2.24) is 9.80 Å². The lowest BCUT2D eigenvalue weighted by Crippen LogP contribution is -2.54. The molecule has 1 atom stereocenters. The van der Waals surface area contributed by atoms with E-state index in [1.165, 1.54) is 16.0 Å². The van der Waals surface area contributed by atoms with Crippen molar-refractivity contribution in [3.8, 4) is 10.4 Å². The van der Waals surface area contributed by atoms with Crippen LogP contribution in [0.15, 0.2) is 41.8 Å². The van der Waals surface area contributed by atoms with Crippen LogP contribution in [0.4, 0.5) is 0 Å². The molecule has 1 aliphatic heterocycles. The number of likely N-dealkylation sites (tertiary alicyclic amines) is 1. The standard InChI is InChI=1S/C22H28N2O2S/c1-4-20(25)24-13-8-12-22(16-24,21(26)23(2)3)15-17-9-5-6-10-18(17)19-11-7-14-27-19/h5-7,9-11,14H,4,8,12-13,15-16H2,1-3H3/t22-/m1/s1. The van der Waals surface area contributed by atoms with E-state index < -0.39 is 5.41 Å². The molecular formula is C22H28N2O2S. The maximum atomic E-state index is 13.3. The maximum absolute atomic E-state index is 13.3. The van der Waals surface area contributed by atoms with E-state index in [0.29, 0.717) is 19.4 Å². The van der Waals surface area contributed by atoms with Crippen LogP contribution in [0, 0.1) is 5.41 Å². The first-order valence-electron chi connectivity index (χ1n) is 9.58. The van der Waals surface area contributed by atoms with Crippen molar-refractivity contribution in [3.63, 3.8) is 0 Å². The Kier molecular flexibility index (Phi) is 6.00. The SMILES string of the molecule is CCC(=O)N1CCC[C@](Cc2ccccc2-c2cccs2)(C(=O)N(C)C)C1. The van der Waals surface area contributed by atoms with Gasteiger partial charge in [0.2, 0.25) is 11.8 Å². The molecule has 2 heterocycles. The van der Waals surface area contributed by atoms with Crippen molar-refractivity contribution >= 4 is 23.2 Å². The Labute approximate surface area is 165 Å². The topological polar surface area (TPSA) is 40.6 Å². The van der Waals surface area contributed by atoms with Crippen molar-refractivity contribution in [2.45, 2.75) is 32.6 Å². The lowest BCUT2D eigenvalue weighted by molar-refractivity contribution is -0.147. The number of hydrogen-bond donors (Lipinski definition) is 0. The van der Waals surface area contributed by atoms with Gasteiger partial charge in [0.25, 0.3) is 0 Å². The largest absolute Gasteiger partial charge is 0.348 e. The summed E-state index contributed by atoms with van der Waals surface area (Å²) in [6.45, 7) is 3.15. The van der Waals surface area contributed by atoms with E-state index in [0.717, 1.165) is 19.4 Å². The molecule has 1 saturated heterocycles. The summed E-state index contributed by atoms with van der Waals surface area (Å²) < 4.78 is 0. The fourth-order valence-electron chi connectivity index (χ4n) is 4.15. The van der Waals surface area contributed by atoms with Crippen LogP contribution in [0.3, 0.4) is 0 Å². The number of nitrogens with zero attached hydrogens (tertiary/aromatic N) is 2. The number of piperidine rings is 1. The first-order chi connectivity index (χ1) is 13.0. The van der Waals surface area contributed by atoms with Gasteiger partial charge in [-0.3, -0.25) is 9.59 Å². The van der Waals surface area contributed by atoms with Crippen LogP contribution in [0.2, 0.25) is 0 Å². The zero-order valence-corrected chi connectivity index (χ0v) is 17.2. The van der Waals surface area contributed by atoms with Gasteiger partial charge in [0.1, 0.15) is 0 Å². The first-order valence-corrected chi connectivity index (χ1v) is 10.5. The lowest BCUT2D eigenvalue weighted by atomic mass is 9.73. The number of amides is 2. The smallest absolute Gasteiger partial charge is 0.230 e. The molecule has 0 saturated carbocycles. The molecule has 4 nitrogen and oxygen atoms in total. The van der Waals surface area contributed by atoms with Gasteiger partial charge in [-0.15, -0.1) is 11.3 Å². The van der Waals surface area contributed by atoms with E-state index in [-0.39, 0.29) is 11.8 Å². The average Bonchev–Trinajstić information content (AvgIpc) is 3.21. The number of benzene rings is 1. The molecule has 2 amide bonds. The number of thiophene rings is 1. The summed E-state index contributed by atoms with van der Waals surface area (Å²) in [5.74, 6) is 0.259. The third-order valence-electron chi connectivity index (χ3n) is 5.42. The fourth-order valence-corrected chi connectivity index (χ4v) is 4.94. The summed E-state index contributed by atoms with van der Waals surface area (Å²) in [5.41, 5.74) is 1.82. The Balaban J connectivity index is 1.99. The quantitative estimate of drug-likeness (QED) is 0.780. The molecular weight excluding hydrogens is 356 g/mol. The van der Waals surface area contributed by atoms with Crippen LogP contribution >= 0.6 is 11.3 Å². The van der Waals surface area contributed by atoms with Gasteiger partial charge in [-0.05, 0) is 41.8 Å². The Morgan fingerprint density at radius 3 is 2.63 bits per heavy atom. The molecule has 0 aliphatic carbocycles. The van der Waals surface area contributed by atoms with Gasteiger partial charge in [0, 0.05) is 38.5 Å². The van der Waals surface area contributed by atoms with E-state index in [2.05, 4.69) is 29.6 Å². The van der Waals surface area contributed by atoms with Crippen molar-refractivity contribution in [3.05, 3.63) is 47.3 Å². The highest BCUT2D eigenvalue weighted by atomic mass is 32.1. The minimum Gasteiger partial charge on any atom is -0.348 e. The second-order valence-corrected chi connectivity index (χ2v) is 8.51. The summed E-state index contributed by atoms with van der Waals surface area (Å²) in [4.78, 5) is 30.4. The van der Waals surface area contributed by atoms with Crippen molar-refractivity contribution in [2.75, 3.05) is 27.2 Å². The Morgan fingerprint density at radius 2 is 1.96 bits per heavy atom. The molecule has 0 radical (unpaired) electrons. The number of carbonyl (C=O) groups is 2. The van der Waals surface area contributed by atoms with Crippen LogP contribution in [0.1, 0.15) is 31.7 Å². The van der Waals surface area contributed by atoms with Gasteiger partial charge >= 0.3 is 0 Å². The molecule has 0 N–H and O–H groups in total. The zero-order chi connectivity index (χ0) is 19.4. The van der Waals surface area contributed by atoms with Gasteiger partial charge < -0.3 is 9.80 Å². The molecule has 1 fully saturated rings. The second kappa shape index (κ2) is 8.26. The van der Waals surface area contributed by atoms with Gasteiger partial charge in [0.05, 0.1) is 5.41 Å². The molecule has 2 aromatic rings. The average molecular weight is 385 g/mol. The van der Waals surface area contributed by atoms with E-state index in [1.54, 1.807) is 16.2 Å². The zero-order valence-electron chi connectivity index (χ0n) is 16.4. The van der Waals surface area contributed by atoms with Crippen LogP contribution in [0.5, 0.6) is 0 Å². The normalized spacial score (nSPS) is 19.7. The Morgan fingerprint density at radius 1 is 1.19 bits per heavy atom. The Hall–Kier alpha value is -2.14. The van der Waals surface area contributed by atoms with E-state index >= 15 is 0 Å². The molecule has 5 heteroatoms. The fraction of sp³-hybridized carbons (Fsp3) is 0.455. The third-order valence-corrected chi connectivity index (χ3v) is 6.33. The van der Waals surface area contributed by atoms with Crippen LogP contribution < -0.4 is 0 Å². The third kappa shape index (κ3) is 4.08. The predicted molar refractivity (Wildman–Crippen MR) is 111 cm³/mol. The van der Waals surface area contributed by atoms with Crippen LogP contribution in [0.25, 0.3) is 10.4 Å². The summed E-state index contributed by atoms with van der Waals surface area (Å²) in [6.07, 6.45) is 2.83. The molecule has 1 aromatic carbocycles. The highest BCUT2D eigenvalue weighted by Gasteiger charge is 2.44. The lowest BCUT2D eigenvalue weighted by Gasteiger charge is -2.43. The highest BCUT2D eigenvalue weighted by Crippen LogP contribution is 2.39. The van der Waals surface area contributed by atoms with E-state index in [1.807, 2.05) is 38.1 Å². The summed E-state index contributed by atoms with van der Waals surface area (Å²) in [5, 5.41) is 2.08. The Bertz CT molecular complexity index is 800. The minimum atomic E-state index is -0.556. The summed E-state index contributed by atoms with van der Waals surface area (Å²) in [7, 11) is 3.63. The first kappa shape index (κ1) is 19.6. The number of carbonyl (C=O) groups excluding carboxylic acids is 2. The summed E-state index contributed by atoms with van der Waals surface area (Å²) >= 11 is 1.72. The molecule has 27 heavy (non-hydrogen) atoms. The molecule has 3 rings (SSSR count). The number of rotatable bonds is 5.